The van der Waals surface area contributed by atoms with Gasteiger partial charge in [0.1, 0.15) is 0 Å². The van der Waals surface area contributed by atoms with Crippen LogP contribution in [-0.2, 0) is 5.75 Å². The van der Waals surface area contributed by atoms with Crippen molar-refractivity contribution < 1.29 is 4.79 Å². The van der Waals surface area contributed by atoms with E-state index >= 15 is 0 Å². The van der Waals surface area contributed by atoms with E-state index in [2.05, 4.69) is 35.1 Å². The van der Waals surface area contributed by atoms with Crippen molar-refractivity contribution in [3.63, 3.8) is 0 Å². The molecule has 0 bridgehead atoms. The monoisotopic (exact) mass is 320 g/mol. The maximum absolute atomic E-state index is 12.2. The minimum atomic E-state index is 0.00202. The molecule has 0 atom stereocenters. The van der Waals surface area contributed by atoms with E-state index in [4.69, 9.17) is 0 Å². The molecule has 0 aliphatic heterocycles. The number of benzene rings is 1. The number of rotatable bonds is 8. The van der Waals surface area contributed by atoms with Gasteiger partial charge in [-0.1, -0.05) is 25.1 Å². The number of carbonyl (C=O) groups is 1. The van der Waals surface area contributed by atoms with E-state index in [1.807, 2.05) is 24.3 Å². The summed E-state index contributed by atoms with van der Waals surface area (Å²) in [5, 5.41) is 8.23. The molecular formula is C16H20N2OS2. The SMILES string of the molecule is CCNCCNC(=O)c1ccccc1SCc1cccs1. The Hall–Kier alpha value is -1.30. The van der Waals surface area contributed by atoms with E-state index in [9.17, 15) is 4.79 Å². The first-order valence-corrected chi connectivity index (χ1v) is 8.91. The molecule has 0 spiro atoms. The lowest BCUT2D eigenvalue weighted by Crippen LogP contribution is -2.31. The van der Waals surface area contributed by atoms with Crippen molar-refractivity contribution in [2.75, 3.05) is 19.6 Å². The lowest BCUT2D eigenvalue weighted by Gasteiger charge is -2.09. The van der Waals surface area contributed by atoms with Gasteiger partial charge >= 0.3 is 0 Å². The summed E-state index contributed by atoms with van der Waals surface area (Å²) in [4.78, 5) is 14.6. The first kappa shape index (κ1) is 16.1. The fraction of sp³-hybridized carbons (Fsp3) is 0.312. The highest BCUT2D eigenvalue weighted by atomic mass is 32.2. The van der Waals surface area contributed by atoms with Crippen LogP contribution in [0.4, 0.5) is 0 Å². The molecule has 0 saturated heterocycles. The Morgan fingerprint density at radius 3 is 2.81 bits per heavy atom. The van der Waals surface area contributed by atoms with Crippen LogP contribution in [0.5, 0.6) is 0 Å². The van der Waals surface area contributed by atoms with Crippen LogP contribution in [0.2, 0.25) is 0 Å². The van der Waals surface area contributed by atoms with Crippen molar-refractivity contribution >= 4 is 29.0 Å². The number of thiophene rings is 1. The van der Waals surface area contributed by atoms with Gasteiger partial charge in [-0.15, -0.1) is 23.1 Å². The zero-order chi connectivity index (χ0) is 14.9. The van der Waals surface area contributed by atoms with Crippen LogP contribution in [0.15, 0.2) is 46.7 Å². The summed E-state index contributed by atoms with van der Waals surface area (Å²) in [6.45, 7) is 4.42. The van der Waals surface area contributed by atoms with Gasteiger partial charge < -0.3 is 10.6 Å². The van der Waals surface area contributed by atoms with Gasteiger partial charge in [0.2, 0.25) is 0 Å². The van der Waals surface area contributed by atoms with Crippen LogP contribution >= 0.6 is 23.1 Å². The molecule has 3 nitrogen and oxygen atoms in total. The molecule has 0 fully saturated rings. The van der Waals surface area contributed by atoms with E-state index in [0.717, 1.165) is 29.3 Å². The second-order valence-corrected chi connectivity index (χ2v) is 6.52. The molecule has 0 unspecified atom stereocenters. The van der Waals surface area contributed by atoms with Gasteiger partial charge in [0.25, 0.3) is 5.91 Å². The Kier molecular flexibility index (Phi) is 6.79. The minimum absolute atomic E-state index is 0.00202. The molecule has 0 saturated carbocycles. The molecule has 5 heteroatoms. The largest absolute Gasteiger partial charge is 0.351 e. The van der Waals surface area contributed by atoms with E-state index in [1.165, 1.54) is 4.88 Å². The Labute approximate surface area is 134 Å². The van der Waals surface area contributed by atoms with Gasteiger partial charge in [-0.3, -0.25) is 4.79 Å². The fourth-order valence-corrected chi connectivity index (χ4v) is 3.68. The van der Waals surface area contributed by atoms with Crippen molar-refractivity contribution in [3.05, 3.63) is 52.2 Å². The first-order chi connectivity index (χ1) is 10.3. The number of likely N-dealkylation sites (N-methyl/N-ethyl adjacent to an activating group) is 1. The van der Waals surface area contributed by atoms with Crippen molar-refractivity contribution in [2.24, 2.45) is 0 Å². The molecule has 1 aromatic carbocycles. The van der Waals surface area contributed by atoms with Crippen molar-refractivity contribution in [1.29, 1.82) is 0 Å². The fourth-order valence-electron chi connectivity index (χ4n) is 1.86. The highest BCUT2D eigenvalue weighted by molar-refractivity contribution is 7.98. The van der Waals surface area contributed by atoms with Crippen LogP contribution in [0.3, 0.4) is 0 Å². The Balaban J connectivity index is 1.94. The Morgan fingerprint density at radius 2 is 2.05 bits per heavy atom. The summed E-state index contributed by atoms with van der Waals surface area (Å²) in [5.74, 6) is 0.904. The van der Waals surface area contributed by atoms with Gasteiger partial charge in [0, 0.05) is 28.6 Å². The lowest BCUT2D eigenvalue weighted by molar-refractivity contribution is 0.0951. The van der Waals surface area contributed by atoms with E-state index in [0.29, 0.717) is 6.54 Å². The average molecular weight is 320 g/mol. The maximum Gasteiger partial charge on any atom is 0.252 e. The molecular weight excluding hydrogens is 300 g/mol. The van der Waals surface area contributed by atoms with E-state index in [1.54, 1.807) is 23.1 Å². The molecule has 1 aromatic heterocycles. The normalized spacial score (nSPS) is 10.5. The summed E-state index contributed by atoms with van der Waals surface area (Å²) in [7, 11) is 0. The number of carbonyl (C=O) groups excluding carboxylic acids is 1. The second kappa shape index (κ2) is 8.87. The predicted octanol–water partition coefficient (Wildman–Crippen LogP) is 3.38. The lowest BCUT2D eigenvalue weighted by atomic mass is 10.2. The zero-order valence-corrected chi connectivity index (χ0v) is 13.7. The summed E-state index contributed by atoms with van der Waals surface area (Å²) < 4.78 is 0. The Morgan fingerprint density at radius 1 is 1.19 bits per heavy atom. The molecule has 2 N–H and O–H groups in total. The Bertz CT molecular complexity index is 555. The van der Waals surface area contributed by atoms with Gasteiger partial charge in [0.15, 0.2) is 0 Å². The predicted molar refractivity (Wildman–Crippen MR) is 91.2 cm³/mol. The zero-order valence-electron chi connectivity index (χ0n) is 12.1. The third kappa shape index (κ3) is 5.19. The molecule has 2 rings (SSSR count). The topological polar surface area (TPSA) is 41.1 Å². The van der Waals surface area contributed by atoms with Crippen molar-refractivity contribution in [3.8, 4) is 0 Å². The van der Waals surface area contributed by atoms with Gasteiger partial charge in [-0.2, -0.15) is 0 Å². The molecule has 0 aliphatic carbocycles. The maximum atomic E-state index is 12.2. The van der Waals surface area contributed by atoms with Crippen LogP contribution in [0.1, 0.15) is 22.2 Å². The number of hydrogen-bond donors (Lipinski definition) is 2. The summed E-state index contributed by atoms with van der Waals surface area (Å²) in [6.07, 6.45) is 0. The van der Waals surface area contributed by atoms with Crippen LogP contribution < -0.4 is 10.6 Å². The highest BCUT2D eigenvalue weighted by Crippen LogP contribution is 2.27. The highest BCUT2D eigenvalue weighted by Gasteiger charge is 2.10. The number of amides is 1. The van der Waals surface area contributed by atoms with E-state index in [-0.39, 0.29) is 5.91 Å². The second-order valence-electron chi connectivity index (χ2n) is 4.47. The third-order valence-corrected chi connectivity index (χ3v) is 5.10. The molecule has 2 aromatic rings. The third-order valence-electron chi connectivity index (χ3n) is 2.92. The van der Waals surface area contributed by atoms with Gasteiger partial charge in [-0.05, 0) is 30.1 Å². The van der Waals surface area contributed by atoms with Gasteiger partial charge in [-0.25, -0.2) is 0 Å². The van der Waals surface area contributed by atoms with Crippen LogP contribution in [-0.4, -0.2) is 25.5 Å². The standard InChI is InChI=1S/C16H20N2OS2/c1-2-17-9-10-18-16(19)14-7-3-4-8-15(14)21-12-13-6-5-11-20-13/h3-8,11,17H,2,9-10,12H2,1H3,(H,18,19). The first-order valence-electron chi connectivity index (χ1n) is 7.04. The molecule has 1 amide bonds. The number of thioether (sulfide) groups is 1. The molecule has 0 aliphatic rings. The summed E-state index contributed by atoms with van der Waals surface area (Å²) >= 11 is 3.46. The minimum Gasteiger partial charge on any atom is -0.351 e. The van der Waals surface area contributed by atoms with Crippen LogP contribution in [0.25, 0.3) is 0 Å². The number of hydrogen-bond acceptors (Lipinski definition) is 4. The summed E-state index contributed by atoms with van der Waals surface area (Å²) in [6, 6.07) is 12.0. The molecule has 112 valence electrons. The molecule has 0 radical (unpaired) electrons. The van der Waals surface area contributed by atoms with E-state index < -0.39 is 0 Å². The summed E-state index contributed by atoms with van der Waals surface area (Å²) in [5.41, 5.74) is 0.760. The quantitative estimate of drug-likeness (QED) is 0.579. The molecule has 21 heavy (non-hydrogen) atoms. The smallest absolute Gasteiger partial charge is 0.252 e. The van der Waals surface area contributed by atoms with Crippen LogP contribution in [0, 0.1) is 0 Å². The number of nitrogens with one attached hydrogen (secondary N) is 2. The molecule has 1 heterocycles. The average Bonchev–Trinajstić information content (AvgIpc) is 3.03. The van der Waals surface area contributed by atoms with Crippen molar-refractivity contribution in [1.82, 2.24) is 10.6 Å². The van der Waals surface area contributed by atoms with Gasteiger partial charge in [0.05, 0.1) is 5.56 Å². The van der Waals surface area contributed by atoms with Crippen molar-refractivity contribution in [2.45, 2.75) is 17.6 Å².